The Kier molecular flexibility index (Phi) is 15.0. The molecule has 0 spiro atoms. The molecular formula is C80H59N7. The largest absolute Gasteiger partial charge is 0.339 e. The van der Waals surface area contributed by atoms with Crippen LogP contribution in [-0.4, -0.2) is 16.5 Å². The van der Waals surface area contributed by atoms with Gasteiger partial charge in [0.25, 0.3) is 0 Å². The second-order valence-electron chi connectivity index (χ2n) is 21.1. The van der Waals surface area contributed by atoms with Crippen LogP contribution in [-0.2, 0) is 0 Å². The lowest BCUT2D eigenvalue weighted by Gasteiger charge is -2.25. The third-order valence-corrected chi connectivity index (χ3v) is 15.6. The van der Waals surface area contributed by atoms with Gasteiger partial charge in [0.05, 0.1) is 5.71 Å². The molecule has 0 aliphatic carbocycles. The van der Waals surface area contributed by atoms with E-state index in [9.17, 15) is 0 Å². The lowest BCUT2D eigenvalue weighted by Crippen LogP contribution is -2.09. The molecule has 1 N–H and O–H groups in total. The molecule has 0 saturated heterocycles. The van der Waals surface area contributed by atoms with Crippen molar-refractivity contribution in [1.82, 2.24) is 4.98 Å². The van der Waals surface area contributed by atoms with Gasteiger partial charge >= 0.3 is 0 Å². The molecule has 7 heteroatoms. The summed E-state index contributed by atoms with van der Waals surface area (Å²) in [5, 5.41) is 0. The normalized spacial score (nSPS) is 12.3. The SMILES string of the molecule is C1=C(c2ccc(N(c3ccccc3)c3ccccc3)cc2)/C(=N/c2[nH]c(-c3ccc(N(c4ccccc4)c4ccccc4)cc3)cc2-c2ccc(N(c3ccccc3)c3ccccc3)cc2)N=C1c1ccc(N(c2ccccc2)c2ccccc2)cc1. The monoisotopic (exact) mass is 1120 g/mol. The van der Waals surface area contributed by atoms with Gasteiger partial charge in [-0.15, -0.1) is 0 Å². The maximum absolute atomic E-state index is 5.64. The van der Waals surface area contributed by atoms with E-state index in [1.807, 2.05) is 0 Å². The molecule has 12 aromatic carbocycles. The minimum atomic E-state index is 0.599. The minimum Gasteiger partial charge on any atom is -0.339 e. The quantitative estimate of drug-likeness (QED) is 0.0987. The van der Waals surface area contributed by atoms with Crippen LogP contribution in [0.2, 0.25) is 0 Å². The zero-order chi connectivity index (χ0) is 58.1. The highest BCUT2D eigenvalue weighted by atomic mass is 15.2. The van der Waals surface area contributed by atoms with Crippen molar-refractivity contribution < 1.29 is 0 Å². The van der Waals surface area contributed by atoms with Crippen LogP contribution in [0.5, 0.6) is 0 Å². The third-order valence-electron chi connectivity index (χ3n) is 15.6. The highest BCUT2D eigenvalue weighted by Crippen LogP contribution is 2.43. The number of benzene rings is 12. The van der Waals surface area contributed by atoms with Crippen molar-refractivity contribution in [2.45, 2.75) is 0 Å². The molecule has 0 amide bonds. The second-order valence-corrected chi connectivity index (χ2v) is 21.1. The van der Waals surface area contributed by atoms with Crippen molar-refractivity contribution in [3.63, 3.8) is 0 Å². The van der Waals surface area contributed by atoms with Gasteiger partial charge in [0.15, 0.2) is 5.84 Å². The van der Waals surface area contributed by atoms with E-state index in [2.05, 4.69) is 376 Å². The van der Waals surface area contributed by atoms with Gasteiger partial charge < -0.3 is 24.6 Å². The van der Waals surface area contributed by atoms with Gasteiger partial charge in [-0.25, -0.2) is 9.98 Å². The average Bonchev–Trinajstić information content (AvgIpc) is 2.88. The second kappa shape index (κ2) is 24.6. The Morgan fingerprint density at radius 2 is 0.506 bits per heavy atom. The van der Waals surface area contributed by atoms with Gasteiger partial charge in [-0.1, -0.05) is 194 Å². The van der Waals surface area contributed by atoms with Gasteiger partial charge in [0, 0.05) is 90.6 Å². The van der Waals surface area contributed by atoms with Gasteiger partial charge in [0.1, 0.15) is 5.82 Å². The van der Waals surface area contributed by atoms with Crippen LogP contribution in [0.25, 0.3) is 28.0 Å². The molecule has 414 valence electrons. The first-order valence-corrected chi connectivity index (χ1v) is 29.3. The summed E-state index contributed by atoms with van der Waals surface area (Å²) in [6.07, 6.45) is 2.19. The maximum Gasteiger partial charge on any atom is 0.162 e. The Morgan fingerprint density at radius 3 is 0.805 bits per heavy atom. The summed E-state index contributed by atoms with van der Waals surface area (Å²) in [6, 6.07) is 121. The highest BCUT2D eigenvalue weighted by molar-refractivity contribution is 6.38. The first-order valence-electron chi connectivity index (χ1n) is 29.3. The van der Waals surface area contributed by atoms with Crippen LogP contribution in [0.15, 0.2) is 362 Å². The Morgan fingerprint density at radius 1 is 0.253 bits per heavy atom. The van der Waals surface area contributed by atoms with E-state index in [0.29, 0.717) is 11.7 Å². The van der Waals surface area contributed by atoms with Crippen LogP contribution in [0, 0.1) is 0 Å². The molecule has 7 nitrogen and oxygen atoms in total. The number of H-pyrrole nitrogens is 1. The van der Waals surface area contributed by atoms with Gasteiger partial charge in [0.2, 0.25) is 0 Å². The van der Waals surface area contributed by atoms with E-state index in [4.69, 9.17) is 9.98 Å². The molecule has 14 rings (SSSR count). The molecule has 1 aliphatic rings. The summed E-state index contributed by atoms with van der Waals surface area (Å²) in [5.41, 5.74) is 20.3. The van der Waals surface area contributed by atoms with Gasteiger partial charge in [-0.3, -0.25) is 0 Å². The smallest absolute Gasteiger partial charge is 0.162 e. The molecular weight excluding hydrogens is 1060 g/mol. The van der Waals surface area contributed by atoms with Gasteiger partial charge in [-0.05, 0) is 174 Å². The van der Waals surface area contributed by atoms with E-state index in [1.54, 1.807) is 0 Å². The summed E-state index contributed by atoms with van der Waals surface area (Å²) >= 11 is 0. The molecule has 0 saturated carbocycles. The lowest BCUT2D eigenvalue weighted by molar-refractivity contribution is 1.28. The third kappa shape index (κ3) is 11.4. The summed E-state index contributed by atoms with van der Waals surface area (Å²) in [5.74, 6) is 1.29. The number of aliphatic imine (C=N–C) groups is 2. The number of anilines is 12. The summed E-state index contributed by atoms with van der Waals surface area (Å²) in [7, 11) is 0. The molecule has 0 bridgehead atoms. The standard InChI is InChI=1S/C80H59N7/c1-9-25-63(26-10-1)84(64-27-11-2-12-28-64)71-49-41-59(42-50-71)75-57-77(61-45-53-73(54-46-61)86(67-33-17-5-18-34-67)68-35-19-6-20-36-68)81-79(75)83-80-76(60-43-51-72(52-44-60)85(65-29-13-3-14-30-65)66-31-15-4-16-32-66)58-78(82-80)62-47-55-74(56-48-62)87(69-37-21-7-22-38-69)70-39-23-8-24-40-70/h1-58,81H/b83-80-. The molecule has 0 atom stereocenters. The number of allylic oxidation sites excluding steroid dienone is 1. The van der Waals surface area contributed by atoms with E-state index >= 15 is 0 Å². The predicted molar refractivity (Wildman–Crippen MR) is 365 cm³/mol. The van der Waals surface area contributed by atoms with E-state index < -0.39 is 0 Å². The first-order chi connectivity index (χ1) is 43.1. The van der Waals surface area contributed by atoms with Crippen LogP contribution in [0.1, 0.15) is 11.1 Å². The molecule has 1 aromatic heterocycles. The molecule has 0 unspecified atom stereocenters. The number of hydrogen-bond donors (Lipinski definition) is 1. The zero-order valence-electron chi connectivity index (χ0n) is 47.7. The zero-order valence-corrected chi connectivity index (χ0v) is 47.7. The number of para-hydroxylation sites is 8. The molecule has 87 heavy (non-hydrogen) atoms. The molecule has 2 heterocycles. The molecule has 13 aromatic rings. The van der Waals surface area contributed by atoms with Crippen molar-refractivity contribution in [2.75, 3.05) is 19.6 Å². The number of nitrogens with one attached hydrogen (secondary N) is 1. The lowest BCUT2D eigenvalue weighted by atomic mass is 10.0. The Hall–Kier alpha value is -11.8. The Balaban J connectivity index is 0.894. The molecule has 1 aliphatic heterocycles. The predicted octanol–water partition coefficient (Wildman–Crippen LogP) is 21.8. The number of aromatic amines is 1. The fraction of sp³-hybridized carbons (Fsp3) is 0. The Bertz CT molecular complexity index is 4320. The summed E-state index contributed by atoms with van der Waals surface area (Å²) < 4.78 is 0. The van der Waals surface area contributed by atoms with E-state index in [0.717, 1.165) is 113 Å². The number of nitrogens with zero attached hydrogens (tertiary/aromatic N) is 6. The van der Waals surface area contributed by atoms with Crippen LogP contribution < -0.4 is 19.6 Å². The Labute approximate surface area is 508 Å². The number of hydrogen-bond acceptors (Lipinski definition) is 5. The van der Waals surface area contributed by atoms with Crippen molar-refractivity contribution in [3.05, 3.63) is 363 Å². The number of amidine groups is 1. The molecule has 0 fully saturated rings. The van der Waals surface area contributed by atoms with E-state index in [1.165, 1.54) is 0 Å². The van der Waals surface area contributed by atoms with Gasteiger partial charge in [-0.2, -0.15) is 0 Å². The number of aromatic nitrogens is 1. The summed E-state index contributed by atoms with van der Waals surface area (Å²) in [4.78, 5) is 24.1. The van der Waals surface area contributed by atoms with Crippen LogP contribution in [0.4, 0.5) is 74.1 Å². The fourth-order valence-electron chi connectivity index (χ4n) is 11.4. The minimum absolute atomic E-state index is 0.599. The maximum atomic E-state index is 5.64. The number of rotatable bonds is 17. The summed E-state index contributed by atoms with van der Waals surface area (Å²) in [6.45, 7) is 0. The van der Waals surface area contributed by atoms with Crippen LogP contribution >= 0.6 is 0 Å². The highest BCUT2D eigenvalue weighted by Gasteiger charge is 2.24. The van der Waals surface area contributed by atoms with Crippen molar-refractivity contribution in [1.29, 1.82) is 0 Å². The first kappa shape index (κ1) is 53.2. The van der Waals surface area contributed by atoms with Crippen molar-refractivity contribution in [3.8, 4) is 22.4 Å². The fourth-order valence-corrected chi connectivity index (χ4v) is 11.4. The topological polar surface area (TPSA) is 53.5 Å². The van der Waals surface area contributed by atoms with Crippen molar-refractivity contribution >= 4 is 91.2 Å². The van der Waals surface area contributed by atoms with Crippen molar-refractivity contribution in [2.24, 2.45) is 9.98 Å². The van der Waals surface area contributed by atoms with E-state index in [-0.39, 0.29) is 0 Å². The molecule has 0 radical (unpaired) electrons. The average molecular weight is 1120 g/mol. The van der Waals surface area contributed by atoms with Crippen LogP contribution in [0.3, 0.4) is 0 Å².